The normalized spacial score (nSPS) is 12.5. The van der Waals surface area contributed by atoms with Gasteiger partial charge >= 0.3 is 0 Å². The second kappa shape index (κ2) is 6.85. The molecule has 0 saturated carbocycles. The van der Waals surface area contributed by atoms with E-state index >= 15 is 0 Å². The molecule has 0 radical (unpaired) electrons. The Balaban J connectivity index is 2.93. The van der Waals surface area contributed by atoms with Gasteiger partial charge < -0.3 is 5.11 Å². The predicted molar refractivity (Wildman–Crippen MR) is 81.7 cm³/mol. The van der Waals surface area contributed by atoms with Crippen molar-refractivity contribution in [3.63, 3.8) is 0 Å². The zero-order valence-electron chi connectivity index (χ0n) is 12.2. The fourth-order valence-corrected chi connectivity index (χ4v) is 3.10. The van der Waals surface area contributed by atoms with Crippen molar-refractivity contribution in [2.75, 3.05) is 0 Å². The van der Waals surface area contributed by atoms with Crippen LogP contribution in [0.25, 0.3) is 0 Å². The molecule has 108 valence electrons. The molecule has 1 rings (SSSR count). The van der Waals surface area contributed by atoms with Crippen LogP contribution < -0.4 is 0 Å². The molecule has 3 heteroatoms. The molecule has 0 heterocycles. The average Bonchev–Trinajstić information content (AvgIpc) is 2.19. The minimum Gasteiger partial charge on any atom is -0.390 e. The minimum absolute atomic E-state index is 0.250. The Morgan fingerprint density at radius 3 is 2.11 bits per heavy atom. The molecule has 0 unspecified atom stereocenters. The first kappa shape index (κ1) is 16.6. The second-order valence-electron chi connectivity index (χ2n) is 6.33. The van der Waals surface area contributed by atoms with E-state index in [4.69, 9.17) is 0 Å². The number of benzene rings is 1. The van der Waals surface area contributed by atoms with Crippen LogP contribution in [0.4, 0.5) is 4.39 Å². The lowest BCUT2D eigenvalue weighted by Crippen LogP contribution is -2.35. The highest BCUT2D eigenvalue weighted by atomic mass is 79.9. The van der Waals surface area contributed by atoms with Crippen LogP contribution in [0.5, 0.6) is 0 Å². The highest BCUT2D eigenvalue weighted by molar-refractivity contribution is 9.10. The van der Waals surface area contributed by atoms with E-state index in [2.05, 4.69) is 43.6 Å². The summed E-state index contributed by atoms with van der Waals surface area (Å²) in [5, 5.41) is 10.8. The summed E-state index contributed by atoms with van der Waals surface area (Å²) < 4.78 is 14.6. The van der Waals surface area contributed by atoms with Crippen LogP contribution in [0, 0.1) is 17.7 Å². The number of rotatable bonds is 6. The largest absolute Gasteiger partial charge is 0.390 e. The molecular formula is C16H24BrFO. The van der Waals surface area contributed by atoms with E-state index in [0.29, 0.717) is 36.7 Å². The van der Waals surface area contributed by atoms with Crippen molar-refractivity contribution in [3.05, 3.63) is 34.1 Å². The molecule has 0 atom stereocenters. The SMILES string of the molecule is CC(C)CC(O)(Cc1ccc(Br)cc1F)CC(C)C. The van der Waals surface area contributed by atoms with Crippen LogP contribution in [0.15, 0.2) is 22.7 Å². The first-order valence-electron chi connectivity index (χ1n) is 6.88. The monoisotopic (exact) mass is 330 g/mol. The van der Waals surface area contributed by atoms with E-state index in [1.807, 2.05) is 6.07 Å². The number of aliphatic hydroxyl groups is 1. The molecule has 0 aliphatic carbocycles. The Morgan fingerprint density at radius 2 is 1.68 bits per heavy atom. The Kier molecular flexibility index (Phi) is 6.00. The summed E-state index contributed by atoms with van der Waals surface area (Å²) in [5.74, 6) is 0.532. The molecule has 0 aliphatic rings. The summed E-state index contributed by atoms with van der Waals surface area (Å²) in [6, 6.07) is 5.04. The predicted octanol–water partition coefficient (Wildman–Crippen LogP) is 4.95. The third kappa shape index (κ3) is 5.62. The van der Waals surface area contributed by atoms with Gasteiger partial charge in [-0.15, -0.1) is 0 Å². The fourth-order valence-electron chi connectivity index (χ4n) is 2.77. The van der Waals surface area contributed by atoms with E-state index in [9.17, 15) is 9.50 Å². The third-order valence-electron chi connectivity index (χ3n) is 3.11. The molecule has 19 heavy (non-hydrogen) atoms. The molecule has 0 bridgehead atoms. The summed E-state index contributed by atoms with van der Waals surface area (Å²) >= 11 is 3.25. The van der Waals surface area contributed by atoms with Crippen LogP contribution in [-0.2, 0) is 6.42 Å². The molecule has 1 aromatic rings. The van der Waals surface area contributed by atoms with Gasteiger partial charge in [0, 0.05) is 10.9 Å². The Bertz CT molecular complexity index is 405. The Labute approximate surface area is 124 Å². The van der Waals surface area contributed by atoms with E-state index < -0.39 is 5.60 Å². The molecule has 0 fully saturated rings. The molecule has 1 nitrogen and oxygen atoms in total. The standard InChI is InChI=1S/C16H24BrFO/c1-11(2)8-16(19,9-12(3)4)10-13-5-6-14(17)7-15(13)18/h5-7,11-12,19H,8-10H2,1-4H3. The molecular weight excluding hydrogens is 307 g/mol. The second-order valence-corrected chi connectivity index (χ2v) is 7.25. The van der Waals surface area contributed by atoms with Gasteiger partial charge in [0.15, 0.2) is 0 Å². The van der Waals surface area contributed by atoms with Crippen LogP contribution in [0.3, 0.4) is 0 Å². The summed E-state index contributed by atoms with van der Waals surface area (Å²) in [6.07, 6.45) is 1.77. The molecule has 0 amide bonds. The summed E-state index contributed by atoms with van der Waals surface area (Å²) in [4.78, 5) is 0. The van der Waals surface area contributed by atoms with Crippen molar-refractivity contribution >= 4 is 15.9 Å². The van der Waals surface area contributed by atoms with Crippen molar-refractivity contribution in [1.82, 2.24) is 0 Å². The van der Waals surface area contributed by atoms with E-state index in [1.54, 1.807) is 6.07 Å². The van der Waals surface area contributed by atoms with Gasteiger partial charge in [-0.2, -0.15) is 0 Å². The van der Waals surface area contributed by atoms with E-state index in [0.717, 1.165) is 4.47 Å². The Hall–Kier alpha value is -0.410. The molecule has 0 aliphatic heterocycles. The minimum atomic E-state index is -0.822. The van der Waals surface area contributed by atoms with E-state index in [1.165, 1.54) is 6.07 Å². The fraction of sp³-hybridized carbons (Fsp3) is 0.625. The van der Waals surface area contributed by atoms with Crippen LogP contribution in [0.2, 0.25) is 0 Å². The van der Waals surface area contributed by atoms with Crippen molar-refractivity contribution in [2.45, 2.75) is 52.6 Å². The van der Waals surface area contributed by atoms with Crippen LogP contribution in [-0.4, -0.2) is 10.7 Å². The van der Waals surface area contributed by atoms with Gasteiger partial charge in [-0.05, 0) is 42.4 Å². The topological polar surface area (TPSA) is 20.2 Å². The van der Waals surface area contributed by atoms with E-state index in [-0.39, 0.29) is 5.82 Å². The summed E-state index contributed by atoms with van der Waals surface area (Å²) in [5.41, 5.74) is -0.233. The Morgan fingerprint density at radius 1 is 1.16 bits per heavy atom. The number of hydrogen-bond donors (Lipinski definition) is 1. The summed E-state index contributed by atoms with van der Waals surface area (Å²) in [7, 11) is 0. The maximum atomic E-state index is 13.9. The van der Waals surface area contributed by atoms with Gasteiger partial charge in [0.25, 0.3) is 0 Å². The lowest BCUT2D eigenvalue weighted by molar-refractivity contribution is 0.0000567. The van der Waals surface area contributed by atoms with Gasteiger partial charge in [-0.1, -0.05) is 49.7 Å². The van der Waals surface area contributed by atoms with Crippen LogP contribution >= 0.6 is 15.9 Å². The van der Waals surface area contributed by atoms with Crippen molar-refractivity contribution in [1.29, 1.82) is 0 Å². The highest BCUT2D eigenvalue weighted by Crippen LogP contribution is 2.30. The van der Waals surface area contributed by atoms with Gasteiger partial charge in [0.05, 0.1) is 5.60 Å². The van der Waals surface area contributed by atoms with Crippen molar-refractivity contribution < 1.29 is 9.50 Å². The maximum absolute atomic E-state index is 13.9. The molecule has 0 aromatic heterocycles. The maximum Gasteiger partial charge on any atom is 0.127 e. The average molecular weight is 331 g/mol. The molecule has 1 N–H and O–H groups in total. The number of halogens is 2. The van der Waals surface area contributed by atoms with Gasteiger partial charge in [0.2, 0.25) is 0 Å². The number of hydrogen-bond acceptors (Lipinski definition) is 1. The lowest BCUT2D eigenvalue weighted by atomic mass is 9.80. The quantitative estimate of drug-likeness (QED) is 0.782. The summed E-state index contributed by atoms with van der Waals surface area (Å²) in [6.45, 7) is 8.35. The van der Waals surface area contributed by atoms with Crippen molar-refractivity contribution in [3.8, 4) is 0 Å². The van der Waals surface area contributed by atoms with Gasteiger partial charge in [-0.25, -0.2) is 4.39 Å². The first-order chi connectivity index (χ1) is 8.72. The lowest BCUT2D eigenvalue weighted by Gasteiger charge is -2.32. The molecule has 1 aromatic carbocycles. The van der Waals surface area contributed by atoms with Gasteiger partial charge in [-0.3, -0.25) is 0 Å². The molecule has 0 spiro atoms. The smallest absolute Gasteiger partial charge is 0.127 e. The first-order valence-corrected chi connectivity index (χ1v) is 7.67. The zero-order chi connectivity index (χ0) is 14.6. The van der Waals surface area contributed by atoms with Crippen molar-refractivity contribution in [2.24, 2.45) is 11.8 Å². The third-order valence-corrected chi connectivity index (χ3v) is 3.60. The van der Waals surface area contributed by atoms with Gasteiger partial charge in [0.1, 0.15) is 5.82 Å². The van der Waals surface area contributed by atoms with Crippen LogP contribution in [0.1, 0.15) is 46.1 Å². The zero-order valence-corrected chi connectivity index (χ0v) is 13.8. The molecule has 0 saturated heterocycles. The highest BCUT2D eigenvalue weighted by Gasteiger charge is 2.30.